The minimum absolute atomic E-state index is 0.00299. The lowest BCUT2D eigenvalue weighted by Crippen LogP contribution is -2.36. The predicted molar refractivity (Wildman–Crippen MR) is 67.2 cm³/mol. The Kier molecular flexibility index (Phi) is 2.39. The van der Waals surface area contributed by atoms with Crippen molar-refractivity contribution in [3.63, 3.8) is 0 Å². The van der Waals surface area contributed by atoms with E-state index in [0.29, 0.717) is 11.8 Å². The number of esters is 1. The van der Waals surface area contributed by atoms with E-state index in [1.807, 2.05) is 6.92 Å². The van der Waals surface area contributed by atoms with Gasteiger partial charge in [0.05, 0.1) is 24.2 Å². The molecule has 4 nitrogen and oxygen atoms in total. The van der Waals surface area contributed by atoms with Crippen molar-refractivity contribution in [3.05, 3.63) is 0 Å². The number of carbonyl (C=O) groups excluding carboxylic acids is 1. The molecule has 4 fully saturated rings. The number of aliphatic hydroxyl groups is 1. The molecule has 1 spiro atoms. The number of hydrogen-bond donors (Lipinski definition) is 1. The van der Waals surface area contributed by atoms with Gasteiger partial charge in [-0.3, -0.25) is 4.79 Å². The van der Waals surface area contributed by atoms with E-state index in [1.54, 1.807) is 0 Å². The molecule has 0 amide bonds. The number of ether oxygens (including phenoxy) is 2. The zero-order valence-electron chi connectivity index (χ0n) is 11.5. The molecular formula is C15H22O4. The molecule has 4 heteroatoms. The Hall–Kier alpha value is -0.610. The van der Waals surface area contributed by atoms with Gasteiger partial charge in [0.1, 0.15) is 6.10 Å². The molecule has 8 atom stereocenters. The topological polar surface area (TPSA) is 59.1 Å². The highest BCUT2D eigenvalue weighted by molar-refractivity contribution is 5.75. The van der Waals surface area contributed by atoms with Crippen LogP contribution in [0.1, 0.15) is 33.1 Å². The maximum Gasteiger partial charge on any atom is 0.309 e. The Morgan fingerprint density at radius 3 is 2.79 bits per heavy atom. The number of aliphatic hydroxyl groups excluding tert-OH is 1. The summed E-state index contributed by atoms with van der Waals surface area (Å²) in [7, 11) is 0. The standard InChI is InChI=1S/C15H22O4/c1-7-9-3-4-15(6-18-15)10-5-11(16)8(2)12(10)13(9)19-14(7)17/h7-13,16H,3-6H2,1-2H3/t7-,8+,9+,10+,11-,12-,13-,15-/m0/s1. The van der Waals surface area contributed by atoms with Crippen LogP contribution in [0.2, 0.25) is 0 Å². The van der Waals surface area contributed by atoms with Crippen LogP contribution in [0.4, 0.5) is 0 Å². The van der Waals surface area contributed by atoms with Crippen molar-refractivity contribution >= 4 is 5.97 Å². The smallest absolute Gasteiger partial charge is 0.309 e. The third-order valence-corrected chi connectivity index (χ3v) is 6.33. The van der Waals surface area contributed by atoms with Crippen molar-refractivity contribution in [3.8, 4) is 0 Å². The molecule has 19 heavy (non-hydrogen) atoms. The van der Waals surface area contributed by atoms with E-state index in [0.717, 1.165) is 25.9 Å². The molecule has 0 aromatic carbocycles. The van der Waals surface area contributed by atoms with Gasteiger partial charge >= 0.3 is 5.97 Å². The monoisotopic (exact) mass is 266 g/mol. The highest BCUT2D eigenvalue weighted by Crippen LogP contribution is 2.59. The predicted octanol–water partition coefficient (Wildman–Crippen LogP) is 1.36. The highest BCUT2D eigenvalue weighted by Gasteiger charge is 2.65. The maximum absolute atomic E-state index is 11.9. The average Bonchev–Trinajstić information content (AvgIpc) is 3.06. The first kappa shape index (κ1) is 12.2. The lowest BCUT2D eigenvalue weighted by molar-refractivity contribution is -0.147. The molecular weight excluding hydrogens is 244 g/mol. The fraction of sp³-hybridized carbons (Fsp3) is 0.933. The average molecular weight is 266 g/mol. The van der Waals surface area contributed by atoms with Crippen LogP contribution in [0, 0.1) is 29.6 Å². The van der Waals surface area contributed by atoms with Crippen molar-refractivity contribution < 1.29 is 19.4 Å². The van der Waals surface area contributed by atoms with Crippen molar-refractivity contribution in [2.24, 2.45) is 29.6 Å². The van der Waals surface area contributed by atoms with Crippen molar-refractivity contribution in [1.29, 1.82) is 0 Å². The van der Waals surface area contributed by atoms with Crippen LogP contribution in [0.25, 0.3) is 0 Å². The molecule has 0 aromatic rings. The van der Waals surface area contributed by atoms with E-state index >= 15 is 0 Å². The zero-order valence-corrected chi connectivity index (χ0v) is 11.5. The molecule has 106 valence electrons. The summed E-state index contributed by atoms with van der Waals surface area (Å²) in [4.78, 5) is 11.9. The van der Waals surface area contributed by atoms with Crippen molar-refractivity contribution in [1.82, 2.24) is 0 Å². The van der Waals surface area contributed by atoms with Crippen LogP contribution in [-0.4, -0.2) is 35.5 Å². The molecule has 4 rings (SSSR count). The summed E-state index contributed by atoms with van der Waals surface area (Å²) in [5.41, 5.74) is -0.00707. The van der Waals surface area contributed by atoms with Gasteiger partial charge in [-0.2, -0.15) is 0 Å². The minimum atomic E-state index is -0.274. The third kappa shape index (κ3) is 1.50. The zero-order chi connectivity index (χ0) is 13.4. The molecule has 2 aliphatic heterocycles. The summed E-state index contributed by atoms with van der Waals surface area (Å²) in [6.07, 6.45) is 2.58. The van der Waals surface area contributed by atoms with Crippen LogP contribution in [0.3, 0.4) is 0 Å². The summed E-state index contributed by atoms with van der Waals surface area (Å²) in [5, 5.41) is 10.2. The Labute approximate surface area is 113 Å². The van der Waals surface area contributed by atoms with E-state index in [4.69, 9.17) is 9.47 Å². The second-order valence-corrected chi connectivity index (χ2v) is 7.09. The number of epoxide rings is 1. The number of rotatable bonds is 0. The van der Waals surface area contributed by atoms with Gasteiger partial charge in [-0.15, -0.1) is 0 Å². The Bertz CT molecular complexity index is 416. The van der Waals surface area contributed by atoms with Gasteiger partial charge in [-0.1, -0.05) is 13.8 Å². The molecule has 2 aliphatic carbocycles. The lowest BCUT2D eigenvalue weighted by atomic mass is 9.77. The Morgan fingerprint density at radius 2 is 2.11 bits per heavy atom. The summed E-state index contributed by atoms with van der Waals surface area (Å²) < 4.78 is 11.5. The maximum atomic E-state index is 11.9. The molecule has 0 unspecified atom stereocenters. The van der Waals surface area contributed by atoms with Crippen LogP contribution in [-0.2, 0) is 14.3 Å². The summed E-state index contributed by atoms with van der Waals surface area (Å²) in [6, 6.07) is 0. The SMILES string of the molecule is C[C@H]1[C@@H]2[C@H]3OC(=O)[C@@H](C)[C@H]3CC[C@]3(CO3)[C@@H]2C[C@@H]1O. The largest absolute Gasteiger partial charge is 0.462 e. The first-order valence-corrected chi connectivity index (χ1v) is 7.56. The second kappa shape index (κ2) is 3.73. The molecule has 4 aliphatic rings. The molecule has 1 N–H and O–H groups in total. The first-order valence-electron chi connectivity index (χ1n) is 7.56. The van der Waals surface area contributed by atoms with E-state index < -0.39 is 0 Å². The lowest BCUT2D eigenvalue weighted by Gasteiger charge is -2.30. The summed E-state index contributed by atoms with van der Waals surface area (Å²) in [6.45, 7) is 4.92. The summed E-state index contributed by atoms with van der Waals surface area (Å²) >= 11 is 0. The van der Waals surface area contributed by atoms with Gasteiger partial charge in [-0.25, -0.2) is 0 Å². The van der Waals surface area contributed by atoms with Gasteiger partial charge in [0.25, 0.3) is 0 Å². The Morgan fingerprint density at radius 1 is 1.37 bits per heavy atom. The van der Waals surface area contributed by atoms with E-state index in [-0.39, 0.29) is 41.5 Å². The van der Waals surface area contributed by atoms with Crippen LogP contribution < -0.4 is 0 Å². The van der Waals surface area contributed by atoms with Gasteiger partial charge in [0, 0.05) is 11.8 Å². The summed E-state index contributed by atoms with van der Waals surface area (Å²) in [5.74, 6) is 1.12. The molecule has 0 aromatic heterocycles. The quantitative estimate of drug-likeness (QED) is 0.531. The second-order valence-electron chi connectivity index (χ2n) is 7.09. The minimum Gasteiger partial charge on any atom is -0.462 e. The van der Waals surface area contributed by atoms with Gasteiger partial charge < -0.3 is 14.6 Å². The van der Waals surface area contributed by atoms with E-state index in [9.17, 15) is 9.90 Å². The van der Waals surface area contributed by atoms with Gasteiger partial charge in [0.15, 0.2) is 0 Å². The number of carbonyl (C=O) groups is 1. The molecule has 2 saturated heterocycles. The third-order valence-electron chi connectivity index (χ3n) is 6.33. The van der Waals surface area contributed by atoms with Gasteiger partial charge in [0.2, 0.25) is 0 Å². The van der Waals surface area contributed by atoms with E-state index in [1.165, 1.54) is 0 Å². The molecule has 2 saturated carbocycles. The van der Waals surface area contributed by atoms with Gasteiger partial charge in [-0.05, 0) is 31.1 Å². The Balaban J connectivity index is 1.73. The molecule has 2 heterocycles. The highest BCUT2D eigenvalue weighted by atomic mass is 16.6. The van der Waals surface area contributed by atoms with Crippen molar-refractivity contribution in [2.75, 3.05) is 6.61 Å². The normalized spacial score (nSPS) is 59.5. The molecule has 0 bridgehead atoms. The van der Waals surface area contributed by atoms with Crippen LogP contribution in [0.5, 0.6) is 0 Å². The molecule has 0 radical (unpaired) electrons. The van der Waals surface area contributed by atoms with Crippen molar-refractivity contribution in [2.45, 2.75) is 50.9 Å². The first-order chi connectivity index (χ1) is 9.03. The fourth-order valence-electron chi connectivity index (χ4n) is 4.96. The van der Waals surface area contributed by atoms with Crippen LogP contribution in [0.15, 0.2) is 0 Å². The van der Waals surface area contributed by atoms with E-state index in [2.05, 4.69) is 6.92 Å². The fourth-order valence-corrected chi connectivity index (χ4v) is 4.96. The number of hydrogen-bond acceptors (Lipinski definition) is 4. The van der Waals surface area contributed by atoms with Crippen LogP contribution >= 0.6 is 0 Å². The number of fused-ring (bicyclic) bond motifs is 4.